The molecule has 0 saturated heterocycles. The lowest BCUT2D eigenvalue weighted by Crippen LogP contribution is -2.18. The molecule has 0 aromatic heterocycles. The minimum absolute atomic E-state index is 0.0716. The average molecular weight is 360 g/mol. The first-order valence-electron chi connectivity index (χ1n) is 5.48. The molecular weight excluding hydrogens is 349 g/mol. The molecule has 0 amide bonds. The summed E-state index contributed by atoms with van der Waals surface area (Å²) in [6, 6.07) is 10.2. The van der Waals surface area contributed by atoms with E-state index in [1.807, 2.05) is 0 Å². The smallest absolute Gasteiger partial charge is 0.264 e. The minimum Gasteiger partial charge on any atom is -0.323 e. The van der Waals surface area contributed by atoms with Crippen LogP contribution in [-0.4, -0.2) is 8.42 Å². The molecule has 0 spiro atoms. The highest BCUT2D eigenvalue weighted by Crippen LogP contribution is 2.29. The van der Waals surface area contributed by atoms with E-state index in [0.29, 0.717) is 4.47 Å². The Morgan fingerprint density at radius 2 is 1.80 bits per heavy atom. The second-order valence-electron chi connectivity index (χ2n) is 3.84. The van der Waals surface area contributed by atoms with Crippen molar-refractivity contribution >= 4 is 37.3 Å². The molecule has 0 bridgehead atoms. The zero-order valence-corrected chi connectivity index (χ0v) is 12.5. The Labute approximate surface area is 124 Å². The molecule has 0 radical (unpaired) electrons. The van der Waals surface area contributed by atoms with Crippen LogP contribution < -0.4 is 16.0 Å². The number of nitrogens with two attached hydrogens (primary N) is 1. The monoisotopic (exact) mass is 359 g/mol. The molecule has 0 heterocycles. The zero-order chi connectivity index (χ0) is 14.8. The van der Waals surface area contributed by atoms with Crippen LogP contribution in [0.4, 0.5) is 15.8 Å². The van der Waals surface area contributed by atoms with E-state index in [9.17, 15) is 12.8 Å². The zero-order valence-electron chi connectivity index (χ0n) is 10.1. The van der Waals surface area contributed by atoms with Crippen molar-refractivity contribution < 1.29 is 12.8 Å². The van der Waals surface area contributed by atoms with E-state index < -0.39 is 15.8 Å². The van der Waals surface area contributed by atoms with E-state index >= 15 is 0 Å². The van der Waals surface area contributed by atoms with Crippen LogP contribution in [0.2, 0.25) is 0 Å². The normalized spacial score (nSPS) is 11.2. The molecule has 2 aromatic rings. The Balaban J connectivity index is 2.47. The predicted octanol–water partition coefficient (Wildman–Crippen LogP) is 2.67. The summed E-state index contributed by atoms with van der Waals surface area (Å²) < 4.78 is 40.8. The Morgan fingerprint density at radius 3 is 2.45 bits per heavy atom. The fourth-order valence-electron chi connectivity index (χ4n) is 1.60. The highest BCUT2D eigenvalue weighted by Gasteiger charge is 2.20. The summed E-state index contributed by atoms with van der Waals surface area (Å²) in [6.45, 7) is 0. The molecule has 0 unspecified atom stereocenters. The lowest BCUT2D eigenvalue weighted by atomic mass is 10.3. The molecule has 2 aromatic carbocycles. The molecule has 2 rings (SSSR count). The molecule has 0 fully saturated rings. The molecule has 20 heavy (non-hydrogen) atoms. The summed E-state index contributed by atoms with van der Waals surface area (Å²) in [7, 11) is -3.96. The van der Waals surface area contributed by atoms with E-state index in [4.69, 9.17) is 5.84 Å². The summed E-state index contributed by atoms with van der Waals surface area (Å²) in [5.74, 6) is 4.60. The fourth-order valence-corrected chi connectivity index (χ4v) is 3.44. The van der Waals surface area contributed by atoms with Crippen molar-refractivity contribution in [3.05, 3.63) is 52.8 Å². The van der Waals surface area contributed by atoms with Gasteiger partial charge in [0, 0.05) is 4.47 Å². The SMILES string of the molecule is NNc1ccccc1S(=O)(=O)Nc1c(F)cccc1Br. The molecule has 0 aliphatic carbocycles. The van der Waals surface area contributed by atoms with Gasteiger partial charge in [0.25, 0.3) is 10.0 Å². The molecular formula is C12H11BrFN3O2S. The maximum Gasteiger partial charge on any atom is 0.264 e. The van der Waals surface area contributed by atoms with Gasteiger partial charge in [-0.15, -0.1) is 0 Å². The number of para-hydroxylation sites is 2. The van der Waals surface area contributed by atoms with E-state index in [1.54, 1.807) is 12.1 Å². The summed E-state index contributed by atoms with van der Waals surface area (Å²) >= 11 is 3.10. The van der Waals surface area contributed by atoms with Crippen molar-refractivity contribution in [1.29, 1.82) is 0 Å². The maximum atomic E-state index is 13.7. The van der Waals surface area contributed by atoms with Gasteiger partial charge in [0.2, 0.25) is 0 Å². The van der Waals surface area contributed by atoms with Gasteiger partial charge in [-0.3, -0.25) is 10.6 Å². The van der Waals surface area contributed by atoms with Gasteiger partial charge in [-0.1, -0.05) is 18.2 Å². The summed E-state index contributed by atoms with van der Waals surface area (Å²) in [5, 5.41) is 0. The Morgan fingerprint density at radius 1 is 1.10 bits per heavy atom. The van der Waals surface area contributed by atoms with E-state index in [0.717, 1.165) is 6.07 Å². The molecule has 0 aliphatic rings. The molecule has 4 N–H and O–H groups in total. The first-order chi connectivity index (χ1) is 9.45. The number of benzene rings is 2. The van der Waals surface area contributed by atoms with Crippen LogP contribution in [0.5, 0.6) is 0 Å². The fraction of sp³-hybridized carbons (Fsp3) is 0. The third-order valence-electron chi connectivity index (χ3n) is 2.53. The second-order valence-corrected chi connectivity index (χ2v) is 6.35. The van der Waals surface area contributed by atoms with Crippen LogP contribution in [0.1, 0.15) is 0 Å². The van der Waals surface area contributed by atoms with Crippen molar-refractivity contribution in [3.8, 4) is 0 Å². The van der Waals surface area contributed by atoms with Gasteiger partial charge in [-0.05, 0) is 40.2 Å². The summed E-state index contributed by atoms with van der Waals surface area (Å²) in [6.07, 6.45) is 0. The van der Waals surface area contributed by atoms with Crippen LogP contribution in [-0.2, 0) is 10.0 Å². The largest absolute Gasteiger partial charge is 0.323 e. The van der Waals surface area contributed by atoms with Gasteiger partial charge in [-0.25, -0.2) is 12.8 Å². The topological polar surface area (TPSA) is 84.2 Å². The number of rotatable bonds is 4. The lowest BCUT2D eigenvalue weighted by Gasteiger charge is -2.13. The van der Waals surface area contributed by atoms with Crippen LogP contribution in [0, 0.1) is 5.82 Å². The van der Waals surface area contributed by atoms with Crippen LogP contribution in [0.3, 0.4) is 0 Å². The molecule has 106 valence electrons. The quantitative estimate of drug-likeness (QED) is 0.578. The Hall–Kier alpha value is -1.64. The number of sulfonamides is 1. The maximum absolute atomic E-state index is 13.7. The number of hydrazine groups is 1. The number of nitrogen functional groups attached to an aromatic ring is 1. The third-order valence-corrected chi connectivity index (χ3v) is 4.60. The predicted molar refractivity (Wildman–Crippen MR) is 79.2 cm³/mol. The number of anilines is 2. The molecule has 5 nitrogen and oxygen atoms in total. The van der Waals surface area contributed by atoms with E-state index in [-0.39, 0.29) is 16.3 Å². The van der Waals surface area contributed by atoms with Crippen molar-refractivity contribution in [1.82, 2.24) is 0 Å². The van der Waals surface area contributed by atoms with Crippen LogP contribution in [0.15, 0.2) is 51.8 Å². The highest BCUT2D eigenvalue weighted by atomic mass is 79.9. The average Bonchev–Trinajstić information content (AvgIpc) is 2.43. The standard InChI is InChI=1S/C12H11BrFN3O2S/c13-8-4-3-5-9(14)12(8)17-20(18,19)11-7-2-1-6-10(11)16-15/h1-7,16-17H,15H2. The molecule has 0 aliphatic heterocycles. The van der Waals surface area contributed by atoms with Crippen molar-refractivity contribution in [2.45, 2.75) is 4.90 Å². The van der Waals surface area contributed by atoms with Crippen LogP contribution in [0.25, 0.3) is 0 Å². The van der Waals surface area contributed by atoms with Gasteiger partial charge < -0.3 is 5.43 Å². The Kier molecular flexibility index (Phi) is 4.26. The number of hydrogen-bond acceptors (Lipinski definition) is 4. The van der Waals surface area contributed by atoms with E-state index in [1.165, 1.54) is 24.3 Å². The summed E-state index contributed by atoms with van der Waals surface area (Å²) in [4.78, 5) is -0.0716. The van der Waals surface area contributed by atoms with Crippen molar-refractivity contribution in [2.75, 3.05) is 10.1 Å². The van der Waals surface area contributed by atoms with Crippen molar-refractivity contribution in [2.24, 2.45) is 5.84 Å². The minimum atomic E-state index is -3.96. The summed E-state index contributed by atoms with van der Waals surface area (Å²) in [5.41, 5.74) is 2.35. The van der Waals surface area contributed by atoms with Gasteiger partial charge in [0.1, 0.15) is 10.7 Å². The van der Waals surface area contributed by atoms with Crippen LogP contribution >= 0.6 is 15.9 Å². The molecule has 0 saturated carbocycles. The Bertz CT molecular complexity index is 717. The van der Waals surface area contributed by atoms with Gasteiger partial charge in [0.15, 0.2) is 0 Å². The number of halogens is 2. The third kappa shape index (κ3) is 2.92. The first kappa shape index (κ1) is 14.8. The second kappa shape index (κ2) is 5.78. The number of hydrogen-bond donors (Lipinski definition) is 3. The number of nitrogens with one attached hydrogen (secondary N) is 2. The molecule has 0 atom stereocenters. The van der Waals surface area contributed by atoms with Gasteiger partial charge in [0.05, 0.1) is 11.4 Å². The van der Waals surface area contributed by atoms with E-state index in [2.05, 4.69) is 26.1 Å². The van der Waals surface area contributed by atoms with Gasteiger partial charge in [-0.2, -0.15) is 0 Å². The molecule has 8 heteroatoms. The van der Waals surface area contributed by atoms with Gasteiger partial charge >= 0.3 is 0 Å². The van der Waals surface area contributed by atoms with Crippen molar-refractivity contribution in [3.63, 3.8) is 0 Å². The lowest BCUT2D eigenvalue weighted by molar-refractivity contribution is 0.598. The first-order valence-corrected chi connectivity index (χ1v) is 7.76. The highest BCUT2D eigenvalue weighted by molar-refractivity contribution is 9.10.